The van der Waals surface area contributed by atoms with Crippen LogP contribution in [-0.2, 0) is 7.05 Å². The molecule has 3 aromatic rings. The van der Waals surface area contributed by atoms with Crippen molar-refractivity contribution in [1.82, 2.24) is 30.2 Å². The fourth-order valence-electron chi connectivity index (χ4n) is 3.01. The maximum absolute atomic E-state index is 12.5. The van der Waals surface area contributed by atoms with Crippen molar-refractivity contribution >= 4 is 5.91 Å². The average Bonchev–Trinajstić information content (AvgIpc) is 3.30. The van der Waals surface area contributed by atoms with E-state index in [1.807, 2.05) is 56.7 Å². The molecular formula is C18H24N6O2. The quantitative estimate of drug-likeness (QED) is 0.705. The van der Waals surface area contributed by atoms with E-state index in [0.717, 1.165) is 22.7 Å². The Kier molecular flexibility index (Phi) is 4.94. The summed E-state index contributed by atoms with van der Waals surface area (Å²) in [6, 6.07) is 5.45. The fourth-order valence-corrected chi connectivity index (χ4v) is 3.01. The highest BCUT2D eigenvalue weighted by atomic mass is 16.3. The van der Waals surface area contributed by atoms with Gasteiger partial charge in [-0.1, -0.05) is 0 Å². The number of nitrogens with zero attached hydrogens (tertiary/aromatic N) is 4. The van der Waals surface area contributed by atoms with Crippen molar-refractivity contribution < 1.29 is 9.21 Å². The molecule has 0 radical (unpaired) electrons. The van der Waals surface area contributed by atoms with Crippen LogP contribution >= 0.6 is 0 Å². The first-order chi connectivity index (χ1) is 12.4. The van der Waals surface area contributed by atoms with Crippen LogP contribution in [0.4, 0.5) is 0 Å². The zero-order valence-electron chi connectivity index (χ0n) is 15.7. The number of nitrogens with one attached hydrogen (secondary N) is 2. The Bertz CT molecular complexity index is 891. The number of hydrogen-bond donors (Lipinski definition) is 2. The molecule has 0 spiro atoms. The number of hydrogen-bond acceptors (Lipinski definition) is 5. The molecule has 3 heterocycles. The monoisotopic (exact) mass is 356 g/mol. The molecule has 3 aromatic heterocycles. The second kappa shape index (κ2) is 7.17. The van der Waals surface area contributed by atoms with Crippen molar-refractivity contribution in [2.24, 2.45) is 7.05 Å². The van der Waals surface area contributed by atoms with Crippen LogP contribution in [0.25, 0.3) is 11.3 Å². The van der Waals surface area contributed by atoms with Crippen LogP contribution in [0, 0.1) is 13.8 Å². The number of aromatic nitrogens is 4. The standard InChI is InChI=1S/C18H24N6O2/c1-11-17(12(2)24(5)22-11)13-9-14(21-20-13)18(25)19-10-15(23(3)4)16-7-6-8-26-16/h6-9,15H,10H2,1-5H3,(H,19,25)(H,20,21). The minimum atomic E-state index is -0.207. The second-order valence-electron chi connectivity index (χ2n) is 6.54. The Morgan fingerprint density at radius 2 is 2.19 bits per heavy atom. The molecular weight excluding hydrogens is 332 g/mol. The lowest BCUT2D eigenvalue weighted by Gasteiger charge is -2.22. The van der Waals surface area contributed by atoms with E-state index in [1.54, 1.807) is 12.3 Å². The number of H-pyrrole nitrogens is 1. The smallest absolute Gasteiger partial charge is 0.269 e. The summed E-state index contributed by atoms with van der Waals surface area (Å²) in [4.78, 5) is 14.5. The van der Waals surface area contributed by atoms with Gasteiger partial charge in [0, 0.05) is 24.8 Å². The lowest BCUT2D eigenvalue weighted by molar-refractivity contribution is 0.0934. The minimum absolute atomic E-state index is 0.0424. The van der Waals surface area contributed by atoms with E-state index >= 15 is 0 Å². The summed E-state index contributed by atoms with van der Waals surface area (Å²) < 4.78 is 7.27. The molecule has 0 bridgehead atoms. The molecule has 3 rings (SSSR count). The normalized spacial score (nSPS) is 12.5. The molecule has 0 aromatic carbocycles. The first-order valence-corrected chi connectivity index (χ1v) is 8.42. The van der Waals surface area contributed by atoms with Gasteiger partial charge in [-0.05, 0) is 46.1 Å². The van der Waals surface area contributed by atoms with Crippen molar-refractivity contribution in [3.8, 4) is 11.3 Å². The highest BCUT2D eigenvalue weighted by Gasteiger charge is 2.20. The van der Waals surface area contributed by atoms with Gasteiger partial charge in [-0.15, -0.1) is 0 Å². The highest BCUT2D eigenvalue weighted by Crippen LogP contribution is 2.25. The molecule has 0 fully saturated rings. The Morgan fingerprint density at radius 1 is 1.42 bits per heavy atom. The van der Waals surface area contributed by atoms with E-state index in [2.05, 4.69) is 20.6 Å². The predicted octanol–water partition coefficient (Wildman–Crippen LogP) is 2.05. The summed E-state index contributed by atoms with van der Waals surface area (Å²) in [5, 5.41) is 14.4. The molecule has 0 aliphatic rings. The van der Waals surface area contributed by atoms with Crippen LogP contribution in [0.2, 0.25) is 0 Å². The maximum Gasteiger partial charge on any atom is 0.269 e. The van der Waals surface area contributed by atoms with Gasteiger partial charge in [-0.25, -0.2) is 0 Å². The molecule has 8 heteroatoms. The van der Waals surface area contributed by atoms with Gasteiger partial charge < -0.3 is 9.73 Å². The van der Waals surface area contributed by atoms with Crippen molar-refractivity contribution in [3.63, 3.8) is 0 Å². The van der Waals surface area contributed by atoms with Gasteiger partial charge in [0.05, 0.1) is 23.7 Å². The van der Waals surface area contributed by atoms with E-state index in [-0.39, 0.29) is 11.9 Å². The first kappa shape index (κ1) is 17.9. The number of carbonyl (C=O) groups is 1. The highest BCUT2D eigenvalue weighted by molar-refractivity contribution is 5.93. The van der Waals surface area contributed by atoms with Gasteiger partial charge in [-0.3, -0.25) is 19.5 Å². The lowest BCUT2D eigenvalue weighted by Crippen LogP contribution is -2.34. The summed E-state index contributed by atoms with van der Waals surface area (Å²) >= 11 is 0. The number of likely N-dealkylation sites (N-methyl/N-ethyl adjacent to an activating group) is 1. The van der Waals surface area contributed by atoms with Crippen LogP contribution in [0.1, 0.15) is 33.7 Å². The van der Waals surface area contributed by atoms with E-state index in [4.69, 9.17) is 4.42 Å². The summed E-state index contributed by atoms with van der Waals surface area (Å²) in [5.74, 6) is 0.601. The van der Waals surface area contributed by atoms with E-state index in [1.165, 1.54) is 0 Å². The molecule has 1 amide bonds. The van der Waals surface area contributed by atoms with E-state index in [9.17, 15) is 4.79 Å². The number of aromatic amines is 1. The number of carbonyl (C=O) groups excluding carboxylic acids is 1. The molecule has 1 unspecified atom stereocenters. The van der Waals surface area contributed by atoms with Crippen LogP contribution in [0.5, 0.6) is 0 Å². The fraction of sp³-hybridized carbons (Fsp3) is 0.389. The summed E-state index contributed by atoms with van der Waals surface area (Å²) in [6.45, 7) is 4.34. The molecule has 0 saturated heterocycles. The van der Waals surface area contributed by atoms with Gasteiger partial charge in [0.2, 0.25) is 0 Å². The van der Waals surface area contributed by atoms with Gasteiger partial charge in [0.25, 0.3) is 5.91 Å². The summed E-state index contributed by atoms with van der Waals surface area (Å²) in [5.41, 5.74) is 3.97. The van der Waals surface area contributed by atoms with Crippen molar-refractivity contribution in [2.45, 2.75) is 19.9 Å². The van der Waals surface area contributed by atoms with Crippen LogP contribution in [0.15, 0.2) is 28.9 Å². The lowest BCUT2D eigenvalue weighted by atomic mass is 10.1. The number of furan rings is 1. The zero-order chi connectivity index (χ0) is 18.8. The SMILES string of the molecule is Cc1nn(C)c(C)c1-c1cc(C(=O)NCC(c2ccco2)N(C)C)[nH]n1. The van der Waals surface area contributed by atoms with Crippen molar-refractivity contribution in [2.75, 3.05) is 20.6 Å². The van der Waals surface area contributed by atoms with Crippen molar-refractivity contribution in [3.05, 3.63) is 47.3 Å². The first-order valence-electron chi connectivity index (χ1n) is 8.42. The van der Waals surface area contributed by atoms with E-state index < -0.39 is 0 Å². The Morgan fingerprint density at radius 3 is 2.77 bits per heavy atom. The zero-order valence-corrected chi connectivity index (χ0v) is 15.7. The third kappa shape index (κ3) is 3.41. The largest absolute Gasteiger partial charge is 0.468 e. The third-order valence-corrected chi connectivity index (χ3v) is 4.54. The number of aryl methyl sites for hydroxylation is 2. The van der Waals surface area contributed by atoms with Gasteiger partial charge in [0.1, 0.15) is 11.5 Å². The van der Waals surface area contributed by atoms with Crippen LogP contribution in [0.3, 0.4) is 0 Å². The summed E-state index contributed by atoms with van der Waals surface area (Å²) in [7, 11) is 5.78. The average molecular weight is 356 g/mol. The van der Waals surface area contributed by atoms with Crippen LogP contribution < -0.4 is 5.32 Å². The molecule has 0 aliphatic carbocycles. The predicted molar refractivity (Wildman–Crippen MR) is 97.7 cm³/mol. The van der Waals surface area contributed by atoms with Crippen LogP contribution in [-0.4, -0.2) is 51.4 Å². The molecule has 0 aliphatic heterocycles. The molecule has 138 valence electrons. The maximum atomic E-state index is 12.5. The Labute approximate surface area is 152 Å². The Hall–Kier alpha value is -2.87. The van der Waals surface area contributed by atoms with Gasteiger partial charge in [-0.2, -0.15) is 10.2 Å². The Balaban J connectivity index is 1.72. The molecule has 1 atom stereocenters. The van der Waals surface area contributed by atoms with E-state index in [0.29, 0.717) is 17.9 Å². The summed E-state index contributed by atoms with van der Waals surface area (Å²) in [6.07, 6.45) is 1.63. The second-order valence-corrected chi connectivity index (χ2v) is 6.54. The topological polar surface area (TPSA) is 92.0 Å². The van der Waals surface area contributed by atoms with Gasteiger partial charge in [0.15, 0.2) is 0 Å². The number of amides is 1. The van der Waals surface area contributed by atoms with Crippen molar-refractivity contribution in [1.29, 1.82) is 0 Å². The molecule has 26 heavy (non-hydrogen) atoms. The molecule has 8 nitrogen and oxygen atoms in total. The number of rotatable bonds is 6. The minimum Gasteiger partial charge on any atom is -0.468 e. The third-order valence-electron chi connectivity index (χ3n) is 4.54. The molecule has 2 N–H and O–H groups in total. The van der Waals surface area contributed by atoms with Gasteiger partial charge >= 0.3 is 0 Å². The molecule has 0 saturated carbocycles.